The molecule has 0 bridgehead atoms. The third-order valence-electron chi connectivity index (χ3n) is 1.32. The Kier molecular flexibility index (Phi) is 1.59. The zero-order valence-corrected chi connectivity index (χ0v) is 6.16. The van der Waals surface area contributed by atoms with E-state index in [1.165, 1.54) is 12.8 Å². The lowest BCUT2D eigenvalue weighted by Crippen LogP contribution is -1.96. The van der Waals surface area contributed by atoms with Crippen molar-refractivity contribution in [3.8, 4) is 0 Å². The van der Waals surface area contributed by atoms with Crippen LogP contribution in [0, 0.1) is 0 Å². The van der Waals surface area contributed by atoms with Gasteiger partial charge in [0.05, 0.1) is 0 Å². The van der Waals surface area contributed by atoms with E-state index in [1.54, 1.807) is 6.04 Å². The molecule has 1 saturated heterocycles. The van der Waals surface area contributed by atoms with Gasteiger partial charge in [-0.15, -0.1) is 0 Å². The van der Waals surface area contributed by atoms with Crippen LogP contribution in [0.25, 0.3) is 0 Å². The zero-order valence-electron chi connectivity index (χ0n) is 3.85. The van der Waals surface area contributed by atoms with Gasteiger partial charge in [0, 0.05) is 9.52 Å². The molecule has 1 aliphatic rings. The van der Waals surface area contributed by atoms with Gasteiger partial charge >= 0.3 is 0 Å². The molecule has 1 aliphatic heterocycles. The first-order valence-corrected chi connectivity index (χ1v) is 4.91. The molecule has 0 saturated carbocycles. The molecule has 6 heavy (non-hydrogen) atoms. The Morgan fingerprint density at radius 2 is 2.50 bits per heavy atom. The summed E-state index contributed by atoms with van der Waals surface area (Å²) in [6.07, 6.45) is 2.88. The van der Waals surface area contributed by atoms with E-state index in [-0.39, 0.29) is 0 Å². The predicted molar refractivity (Wildman–Crippen MR) is 35.4 cm³/mol. The van der Waals surface area contributed by atoms with Crippen LogP contribution in [0.3, 0.4) is 0 Å². The fraction of sp³-hybridized carbons (Fsp3) is 1.00. The van der Waals surface area contributed by atoms with Gasteiger partial charge in [-0.05, 0) is 11.3 Å². The Morgan fingerprint density at radius 3 is 2.67 bits per heavy atom. The molecule has 1 fully saturated rings. The summed E-state index contributed by atoms with van der Waals surface area (Å²) in [5.74, 6) is 0. The summed E-state index contributed by atoms with van der Waals surface area (Å²) in [5, 5.41) is 0. The summed E-state index contributed by atoms with van der Waals surface area (Å²) in [5.41, 5.74) is 0. The van der Waals surface area contributed by atoms with E-state index in [0.29, 0.717) is 9.52 Å². The molecular weight excluding hydrogens is 108 g/mol. The molecule has 0 aliphatic carbocycles. The second-order valence-electron chi connectivity index (χ2n) is 1.94. The Balaban J connectivity index is 2.18. The van der Waals surface area contributed by atoms with Gasteiger partial charge in [0.2, 0.25) is 0 Å². The average molecular weight is 118 g/mol. The van der Waals surface area contributed by atoms with Crippen LogP contribution in [0.15, 0.2) is 0 Å². The third kappa shape index (κ3) is 1.01. The first-order valence-electron chi connectivity index (χ1n) is 2.57. The van der Waals surface area contributed by atoms with Crippen LogP contribution in [0.1, 0.15) is 12.8 Å². The van der Waals surface area contributed by atoms with Crippen molar-refractivity contribution in [3.05, 3.63) is 0 Å². The molecule has 0 aromatic carbocycles. The van der Waals surface area contributed by atoms with Crippen molar-refractivity contribution in [1.82, 2.24) is 0 Å². The molecule has 0 nitrogen and oxygen atoms in total. The molecule has 1 heterocycles. The van der Waals surface area contributed by atoms with Crippen molar-refractivity contribution in [2.75, 3.05) is 0 Å². The summed E-state index contributed by atoms with van der Waals surface area (Å²) in [4.78, 5) is 0.880. The van der Waals surface area contributed by atoms with Crippen LogP contribution in [-0.2, 0) is 0 Å². The van der Waals surface area contributed by atoms with Crippen LogP contribution in [0.5, 0.6) is 0 Å². The van der Waals surface area contributed by atoms with Crippen molar-refractivity contribution >= 4 is 22.1 Å². The molecule has 1 atom stereocenters. The summed E-state index contributed by atoms with van der Waals surface area (Å²) < 4.78 is 0. The minimum atomic E-state index is 0.332. The minimum Gasteiger partial charge on any atom is -0.180 e. The highest BCUT2D eigenvalue weighted by molar-refractivity contribution is 7.82. The summed E-state index contributed by atoms with van der Waals surface area (Å²) >= 11 is 4.35. The predicted octanol–water partition coefficient (Wildman–Crippen LogP) is 0.623. The maximum atomic E-state index is 4.35. The number of thiol groups is 1. The van der Waals surface area contributed by atoms with Crippen LogP contribution in [0.2, 0.25) is 6.04 Å². The molecule has 2 heteroatoms. The minimum absolute atomic E-state index is 0.332. The maximum Gasteiger partial charge on any atom is 0.0353 e. The fourth-order valence-corrected chi connectivity index (χ4v) is 3.26. The van der Waals surface area contributed by atoms with E-state index in [9.17, 15) is 0 Å². The molecule has 0 aromatic rings. The summed E-state index contributed by atoms with van der Waals surface area (Å²) in [7, 11) is 0.332. The van der Waals surface area contributed by atoms with Crippen LogP contribution >= 0.6 is 12.6 Å². The van der Waals surface area contributed by atoms with E-state index in [0.717, 1.165) is 4.87 Å². The molecule has 0 radical (unpaired) electrons. The molecule has 36 valence electrons. The molecule has 0 amide bonds. The van der Waals surface area contributed by atoms with Gasteiger partial charge < -0.3 is 0 Å². The van der Waals surface area contributed by atoms with Gasteiger partial charge in [-0.1, -0.05) is 12.5 Å². The second-order valence-corrected chi connectivity index (χ2v) is 5.63. The maximum absolute atomic E-state index is 4.35. The molecular formula is C4H10SSi. The molecule has 1 rings (SSSR count). The third-order valence-corrected chi connectivity index (χ3v) is 4.34. The van der Waals surface area contributed by atoms with Crippen molar-refractivity contribution in [2.45, 2.75) is 23.8 Å². The molecule has 1 unspecified atom stereocenters. The van der Waals surface area contributed by atoms with E-state index in [4.69, 9.17) is 0 Å². The van der Waals surface area contributed by atoms with Crippen LogP contribution < -0.4 is 0 Å². The first kappa shape index (κ1) is 4.72. The number of hydrogen-bond acceptors (Lipinski definition) is 1. The number of rotatable bonds is 0. The van der Waals surface area contributed by atoms with Gasteiger partial charge in [-0.2, -0.15) is 12.6 Å². The van der Waals surface area contributed by atoms with E-state index < -0.39 is 0 Å². The van der Waals surface area contributed by atoms with E-state index in [2.05, 4.69) is 12.6 Å². The Morgan fingerprint density at radius 1 is 1.67 bits per heavy atom. The summed E-state index contributed by atoms with van der Waals surface area (Å²) in [6.45, 7) is 0. The monoisotopic (exact) mass is 118 g/mol. The number of hydrogen-bond donors (Lipinski definition) is 1. The van der Waals surface area contributed by atoms with Crippen molar-refractivity contribution in [3.63, 3.8) is 0 Å². The Labute approximate surface area is 46.6 Å². The van der Waals surface area contributed by atoms with Gasteiger partial charge in [0.25, 0.3) is 0 Å². The summed E-state index contributed by atoms with van der Waals surface area (Å²) in [6, 6.07) is 1.55. The zero-order chi connectivity index (χ0) is 4.41. The quantitative estimate of drug-likeness (QED) is 0.350. The normalized spacial score (nSPS) is 38.5. The smallest absolute Gasteiger partial charge is 0.0353 e. The Hall–Kier alpha value is 0.567. The standard InChI is InChI=1S/C4H10SSi/c5-4-2-1-3-6-4/h4-5H,1-3,6H2. The lowest BCUT2D eigenvalue weighted by atomic mass is 10.4. The van der Waals surface area contributed by atoms with E-state index >= 15 is 0 Å². The Bertz CT molecular complexity index is 40.8. The van der Waals surface area contributed by atoms with E-state index in [1.807, 2.05) is 0 Å². The highest BCUT2D eigenvalue weighted by Crippen LogP contribution is 2.15. The highest BCUT2D eigenvalue weighted by atomic mass is 32.1. The van der Waals surface area contributed by atoms with Crippen LogP contribution in [0.4, 0.5) is 0 Å². The van der Waals surface area contributed by atoms with Crippen molar-refractivity contribution < 1.29 is 0 Å². The molecule has 0 aromatic heterocycles. The lowest BCUT2D eigenvalue weighted by molar-refractivity contribution is 0.920. The molecule has 0 spiro atoms. The van der Waals surface area contributed by atoms with Gasteiger partial charge in [0.1, 0.15) is 0 Å². The topological polar surface area (TPSA) is 0 Å². The largest absolute Gasteiger partial charge is 0.180 e. The first-order chi connectivity index (χ1) is 2.89. The van der Waals surface area contributed by atoms with Gasteiger partial charge in [-0.3, -0.25) is 0 Å². The van der Waals surface area contributed by atoms with Crippen molar-refractivity contribution in [1.29, 1.82) is 0 Å². The fourth-order valence-electron chi connectivity index (χ4n) is 0.904. The van der Waals surface area contributed by atoms with Crippen LogP contribution in [-0.4, -0.2) is 14.4 Å². The highest BCUT2D eigenvalue weighted by Gasteiger charge is 2.09. The van der Waals surface area contributed by atoms with Gasteiger partial charge in [0.15, 0.2) is 0 Å². The van der Waals surface area contributed by atoms with Gasteiger partial charge in [-0.25, -0.2) is 0 Å². The SMILES string of the molecule is SC1CCC[SiH2]1. The van der Waals surface area contributed by atoms with Crippen molar-refractivity contribution in [2.24, 2.45) is 0 Å². The second kappa shape index (κ2) is 2.03. The lowest BCUT2D eigenvalue weighted by Gasteiger charge is -1.89. The molecule has 0 N–H and O–H groups in total. The average Bonchev–Trinajstić information content (AvgIpc) is 1.86.